The number of aromatic nitrogens is 3. The fraction of sp³-hybridized carbons (Fsp3) is 0.625. The SMILES string of the molecule is CCCN(C)C.Nc1nc(N)nc(N)n1. The van der Waals surface area contributed by atoms with Crippen LogP contribution in [-0.2, 0) is 0 Å². The molecular formula is C8H19N7. The minimum absolute atomic E-state index is 0.0417. The van der Waals surface area contributed by atoms with Crippen LogP contribution in [-0.4, -0.2) is 40.5 Å². The minimum Gasteiger partial charge on any atom is -0.368 e. The molecular weight excluding hydrogens is 194 g/mol. The molecule has 0 aliphatic rings. The lowest BCUT2D eigenvalue weighted by Crippen LogP contribution is -2.11. The van der Waals surface area contributed by atoms with Crippen molar-refractivity contribution in [2.24, 2.45) is 0 Å². The van der Waals surface area contributed by atoms with Crippen molar-refractivity contribution >= 4 is 17.8 Å². The molecule has 15 heavy (non-hydrogen) atoms. The second kappa shape index (κ2) is 6.77. The van der Waals surface area contributed by atoms with Gasteiger partial charge in [0.2, 0.25) is 17.8 Å². The van der Waals surface area contributed by atoms with Gasteiger partial charge in [-0.1, -0.05) is 6.92 Å². The van der Waals surface area contributed by atoms with Crippen molar-refractivity contribution in [1.82, 2.24) is 19.9 Å². The summed E-state index contributed by atoms with van der Waals surface area (Å²) in [4.78, 5) is 12.6. The molecule has 0 amide bonds. The molecule has 7 nitrogen and oxygen atoms in total. The van der Waals surface area contributed by atoms with Gasteiger partial charge < -0.3 is 22.1 Å². The monoisotopic (exact) mass is 213 g/mol. The van der Waals surface area contributed by atoms with Crippen LogP contribution in [0.1, 0.15) is 13.3 Å². The summed E-state index contributed by atoms with van der Waals surface area (Å²) < 4.78 is 0. The van der Waals surface area contributed by atoms with Gasteiger partial charge in [0.25, 0.3) is 0 Å². The van der Waals surface area contributed by atoms with Crippen molar-refractivity contribution in [2.75, 3.05) is 37.8 Å². The summed E-state index contributed by atoms with van der Waals surface area (Å²) in [5.74, 6) is 0.125. The molecule has 0 unspecified atom stereocenters. The summed E-state index contributed by atoms with van der Waals surface area (Å²) in [6.45, 7) is 3.39. The van der Waals surface area contributed by atoms with Crippen molar-refractivity contribution in [2.45, 2.75) is 13.3 Å². The molecule has 1 heterocycles. The van der Waals surface area contributed by atoms with Crippen LogP contribution in [0.25, 0.3) is 0 Å². The Bertz CT molecular complexity index is 236. The van der Waals surface area contributed by atoms with Gasteiger partial charge in [-0.3, -0.25) is 0 Å². The summed E-state index contributed by atoms with van der Waals surface area (Å²) in [6.07, 6.45) is 1.26. The smallest absolute Gasteiger partial charge is 0.226 e. The topological polar surface area (TPSA) is 120 Å². The Kier molecular flexibility index (Phi) is 6.03. The van der Waals surface area contributed by atoms with Gasteiger partial charge >= 0.3 is 0 Å². The third-order valence-electron chi connectivity index (χ3n) is 1.36. The number of nitrogens with zero attached hydrogens (tertiary/aromatic N) is 4. The van der Waals surface area contributed by atoms with Crippen LogP contribution in [0.5, 0.6) is 0 Å². The third kappa shape index (κ3) is 7.44. The van der Waals surface area contributed by atoms with Crippen molar-refractivity contribution in [3.8, 4) is 0 Å². The largest absolute Gasteiger partial charge is 0.368 e. The number of hydrogen-bond acceptors (Lipinski definition) is 7. The van der Waals surface area contributed by atoms with E-state index in [9.17, 15) is 0 Å². The van der Waals surface area contributed by atoms with Crippen molar-refractivity contribution in [3.63, 3.8) is 0 Å². The maximum atomic E-state index is 5.14. The molecule has 0 aliphatic carbocycles. The van der Waals surface area contributed by atoms with E-state index in [1.54, 1.807) is 0 Å². The Morgan fingerprint density at radius 3 is 1.40 bits per heavy atom. The second-order valence-corrected chi connectivity index (χ2v) is 3.21. The normalized spacial score (nSPS) is 9.60. The Labute approximate surface area is 89.7 Å². The fourth-order valence-electron chi connectivity index (χ4n) is 0.874. The molecule has 0 fully saturated rings. The van der Waals surface area contributed by atoms with E-state index in [2.05, 4.69) is 40.9 Å². The lowest BCUT2D eigenvalue weighted by Gasteiger charge is -2.03. The van der Waals surface area contributed by atoms with Gasteiger partial charge in [0.15, 0.2) is 0 Å². The average molecular weight is 213 g/mol. The molecule has 0 saturated carbocycles. The average Bonchev–Trinajstić information content (AvgIpc) is 2.00. The van der Waals surface area contributed by atoms with Crippen LogP contribution in [0.15, 0.2) is 0 Å². The fourth-order valence-corrected chi connectivity index (χ4v) is 0.874. The molecule has 6 N–H and O–H groups in total. The zero-order chi connectivity index (χ0) is 11.8. The second-order valence-electron chi connectivity index (χ2n) is 3.21. The highest BCUT2D eigenvalue weighted by Gasteiger charge is 1.93. The zero-order valence-electron chi connectivity index (χ0n) is 9.44. The lowest BCUT2D eigenvalue weighted by atomic mass is 10.5. The summed E-state index contributed by atoms with van der Waals surface area (Å²) in [5.41, 5.74) is 15.4. The van der Waals surface area contributed by atoms with Crippen LogP contribution < -0.4 is 17.2 Å². The predicted octanol–water partition coefficient (Wildman–Crippen LogP) is -0.424. The maximum Gasteiger partial charge on any atom is 0.226 e. The van der Waals surface area contributed by atoms with Crippen LogP contribution in [0.4, 0.5) is 17.8 Å². The molecule has 0 aromatic carbocycles. The number of nitrogens with two attached hydrogens (primary N) is 3. The Balaban J connectivity index is 0.000000288. The quantitative estimate of drug-likeness (QED) is 0.610. The molecule has 86 valence electrons. The Hall–Kier alpha value is -1.63. The van der Waals surface area contributed by atoms with E-state index in [1.165, 1.54) is 13.0 Å². The van der Waals surface area contributed by atoms with Gasteiger partial charge in [0.05, 0.1) is 0 Å². The number of anilines is 3. The van der Waals surface area contributed by atoms with E-state index in [1.807, 2.05) is 0 Å². The van der Waals surface area contributed by atoms with Crippen LogP contribution in [0.3, 0.4) is 0 Å². The van der Waals surface area contributed by atoms with E-state index in [0.29, 0.717) is 0 Å². The molecule has 0 radical (unpaired) electrons. The molecule has 7 heteroatoms. The van der Waals surface area contributed by atoms with Gasteiger partial charge in [-0.2, -0.15) is 15.0 Å². The molecule has 0 atom stereocenters. The van der Waals surface area contributed by atoms with Crippen LogP contribution in [0.2, 0.25) is 0 Å². The van der Waals surface area contributed by atoms with E-state index in [4.69, 9.17) is 17.2 Å². The first-order chi connectivity index (χ1) is 6.95. The van der Waals surface area contributed by atoms with Gasteiger partial charge in [-0.05, 0) is 27.1 Å². The predicted molar refractivity (Wildman–Crippen MR) is 61.9 cm³/mol. The highest BCUT2D eigenvalue weighted by Crippen LogP contribution is 1.97. The minimum atomic E-state index is 0.0417. The number of rotatable bonds is 2. The molecule has 0 bridgehead atoms. The first kappa shape index (κ1) is 13.4. The van der Waals surface area contributed by atoms with E-state index in [-0.39, 0.29) is 17.8 Å². The first-order valence-corrected chi connectivity index (χ1v) is 4.63. The van der Waals surface area contributed by atoms with Crippen LogP contribution >= 0.6 is 0 Å². The van der Waals surface area contributed by atoms with Gasteiger partial charge in [0.1, 0.15) is 0 Å². The molecule has 0 spiro atoms. The van der Waals surface area contributed by atoms with Gasteiger partial charge in [-0.15, -0.1) is 0 Å². The van der Waals surface area contributed by atoms with Gasteiger partial charge in [0, 0.05) is 0 Å². The zero-order valence-corrected chi connectivity index (χ0v) is 9.44. The van der Waals surface area contributed by atoms with Crippen molar-refractivity contribution in [3.05, 3.63) is 0 Å². The van der Waals surface area contributed by atoms with Crippen molar-refractivity contribution in [1.29, 1.82) is 0 Å². The molecule has 1 rings (SSSR count). The summed E-state index contributed by atoms with van der Waals surface area (Å²) in [7, 11) is 4.17. The van der Waals surface area contributed by atoms with E-state index in [0.717, 1.165) is 0 Å². The standard InChI is InChI=1S/C5H13N.C3H6N6/c1-4-5-6(2)3;4-1-7-2(5)9-3(6)8-1/h4-5H2,1-3H3;(H6,4,5,6,7,8,9). The molecule has 0 aliphatic heterocycles. The Morgan fingerprint density at radius 2 is 1.27 bits per heavy atom. The number of hydrogen-bond donors (Lipinski definition) is 3. The summed E-state index contributed by atoms with van der Waals surface area (Å²) in [6, 6.07) is 0. The van der Waals surface area contributed by atoms with E-state index < -0.39 is 0 Å². The first-order valence-electron chi connectivity index (χ1n) is 4.63. The molecule has 1 aromatic rings. The van der Waals surface area contributed by atoms with Crippen molar-refractivity contribution < 1.29 is 0 Å². The Morgan fingerprint density at radius 1 is 0.933 bits per heavy atom. The van der Waals surface area contributed by atoms with Gasteiger partial charge in [-0.25, -0.2) is 0 Å². The lowest BCUT2D eigenvalue weighted by molar-refractivity contribution is 0.408. The van der Waals surface area contributed by atoms with Crippen LogP contribution in [0, 0.1) is 0 Å². The maximum absolute atomic E-state index is 5.14. The molecule has 1 aromatic heterocycles. The summed E-state index contributed by atoms with van der Waals surface area (Å²) in [5, 5.41) is 0. The summed E-state index contributed by atoms with van der Waals surface area (Å²) >= 11 is 0. The highest BCUT2D eigenvalue weighted by atomic mass is 15.2. The highest BCUT2D eigenvalue weighted by molar-refractivity contribution is 5.33. The number of nitrogen functional groups attached to an aromatic ring is 3. The third-order valence-corrected chi connectivity index (χ3v) is 1.36. The molecule has 0 saturated heterocycles. The van der Waals surface area contributed by atoms with E-state index >= 15 is 0 Å².